The average molecular weight is 375 g/mol. The Morgan fingerprint density at radius 3 is 0.857 bits per heavy atom. The van der Waals surface area contributed by atoms with Crippen molar-refractivity contribution in [3.8, 4) is 0 Å². The first-order chi connectivity index (χ1) is 10.1. The van der Waals surface area contributed by atoms with E-state index in [-0.39, 0.29) is 6.61 Å². The number of aliphatic hydroxyl groups is 1. The van der Waals surface area contributed by atoms with E-state index in [1.807, 2.05) is 0 Å². The average Bonchev–Trinajstić information content (AvgIpc) is 2.59. The molecule has 0 heterocycles. The number of rotatable bonds is 2. The number of hydrogen-bond acceptors (Lipinski definition) is 7. The van der Waals surface area contributed by atoms with Gasteiger partial charge in [-0.2, -0.15) is 0 Å². The SMILES string of the molecule is C[N+](C)(C)CCO.[C-]#N.[C-]#N.[C-]#N.[C-]#N.[C-]#N.[C-]#N.[Fe]=[Co]. The number of aliphatic hydroxyl groups excluding tert-OH is 1. The Labute approximate surface area is 142 Å². The molecule has 0 spiro atoms. The molecule has 121 valence electrons. The Hall–Kier alpha value is -2.11. The van der Waals surface area contributed by atoms with Gasteiger partial charge in [0.1, 0.15) is 6.54 Å². The third-order valence-corrected chi connectivity index (χ3v) is 0.771. The van der Waals surface area contributed by atoms with Crippen molar-refractivity contribution in [2.24, 2.45) is 0 Å². The summed E-state index contributed by atoms with van der Waals surface area (Å²) in [6.45, 7) is 29.6. The maximum atomic E-state index is 8.39. The number of nitrogens with zero attached hydrogens (tertiary/aromatic N) is 7. The molecule has 0 amide bonds. The van der Waals surface area contributed by atoms with Crippen LogP contribution in [0.1, 0.15) is 0 Å². The molecule has 0 aliphatic heterocycles. The first-order valence-corrected chi connectivity index (χ1v) is 5.82. The molecule has 21 heavy (non-hydrogen) atoms. The summed E-state index contributed by atoms with van der Waals surface area (Å²) in [6, 6.07) is 0. The van der Waals surface area contributed by atoms with Crippen molar-refractivity contribution in [2.75, 3.05) is 34.3 Å². The van der Waals surface area contributed by atoms with Gasteiger partial charge in [0.05, 0.1) is 27.7 Å². The second kappa shape index (κ2) is 147. The molecule has 0 rings (SSSR count). The second-order valence-electron chi connectivity index (χ2n) is 2.74. The third kappa shape index (κ3) is 1270. The molecule has 10 heteroatoms. The van der Waals surface area contributed by atoms with Gasteiger partial charge in [-0.25, -0.2) is 0 Å². The summed E-state index contributed by atoms with van der Waals surface area (Å²) in [5.74, 6) is 0. The molecule has 0 saturated carbocycles. The number of likely N-dealkylation sites (N-methyl/N-ethyl adjacent to an activating group) is 1. The molecule has 0 bridgehead atoms. The fraction of sp³-hybridized carbons (Fsp3) is 0.455. The molecule has 0 aromatic heterocycles. The van der Waals surface area contributed by atoms with Gasteiger partial charge in [-0.1, -0.05) is 0 Å². The van der Waals surface area contributed by atoms with E-state index in [1.54, 1.807) is 0 Å². The summed E-state index contributed by atoms with van der Waals surface area (Å²) in [4.78, 5) is 0. The van der Waals surface area contributed by atoms with Gasteiger partial charge in [0.25, 0.3) is 0 Å². The Bertz CT molecular complexity index is 207. The number of quaternary nitrogens is 1. The van der Waals surface area contributed by atoms with E-state index in [9.17, 15) is 0 Å². The molecular formula is C11H14CoFeN7O-5. The van der Waals surface area contributed by atoms with E-state index < -0.39 is 0 Å². The summed E-state index contributed by atoms with van der Waals surface area (Å²) < 4.78 is 0.844. The maximum absolute atomic E-state index is 8.39. The van der Waals surface area contributed by atoms with Crippen molar-refractivity contribution in [2.45, 2.75) is 0 Å². The van der Waals surface area contributed by atoms with Crippen molar-refractivity contribution in [3.63, 3.8) is 0 Å². The summed E-state index contributed by atoms with van der Waals surface area (Å²) in [5, 5.41) is 45.9. The minimum atomic E-state index is 0.281. The summed E-state index contributed by atoms with van der Waals surface area (Å²) in [7, 11) is 6.16. The monoisotopic (exact) mass is 375 g/mol. The van der Waals surface area contributed by atoms with E-state index >= 15 is 0 Å². The molecule has 1 N–H and O–H groups in total. The van der Waals surface area contributed by atoms with E-state index in [1.165, 1.54) is 0 Å². The van der Waals surface area contributed by atoms with Crippen LogP contribution >= 0.6 is 0 Å². The van der Waals surface area contributed by atoms with Crippen LogP contribution in [0.4, 0.5) is 0 Å². The van der Waals surface area contributed by atoms with Crippen molar-refractivity contribution in [3.05, 3.63) is 39.4 Å². The Balaban J connectivity index is -0.0000000173. The Morgan fingerprint density at radius 2 is 0.857 bits per heavy atom. The zero-order valence-electron chi connectivity index (χ0n) is 11.7. The molecule has 0 fully saturated rings. The summed E-state index contributed by atoms with van der Waals surface area (Å²) in [6.07, 6.45) is 0. The molecule has 8 nitrogen and oxygen atoms in total. The van der Waals surface area contributed by atoms with Crippen LogP contribution in [0, 0.1) is 71.0 Å². The van der Waals surface area contributed by atoms with Gasteiger partial charge in [-0.3, -0.25) is 0 Å². The summed E-state index contributed by atoms with van der Waals surface area (Å²) >= 11 is 6.25. The Kier molecular flexibility index (Phi) is 357. The molecule has 0 radical (unpaired) electrons. The van der Waals surface area contributed by atoms with Gasteiger partial charge in [-0.05, 0) is 0 Å². The van der Waals surface area contributed by atoms with E-state index in [0.29, 0.717) is 0 Å². The zero-order chi connectivity index (χ0) is 19.9. The van der Waals surface area contributed by atoms with Gasteiger partial charge in [0.2, 0.25) is 0 Å². The van der Waals surface area contributed by atoms with Crippen LogP contribution in [0.15, 0.2) is 0 Å². The second-order valence-corrected chi connectivity index (χ2v) is 2.74. The molecule has 0 unspecified atom stereocenters. The Morgan fingerprint density at radius 1 is 0.714 bits per heavy atom. The first-order valence-electron chi connectivity index (χ1n) is 3.93. The molecule has 0 aliphatic rings. The van der Waals surface area contributed by atoms with Crippen LogP contribution in [0.2, 0.25) is 0 Å². The molecule has 0 aliphatic carbocycles. The van der Waals surface area contributed by atoms with Crippen molar-refractivity contribution >= 4 is 0 Å². The van der Waals surface area contributed by atoms with Gasteiger partial charge in [0.15, 0.2) is 0 Å². The van der Waals surface area contributed by atoms with E-state index in [2.05, 4.69) is 48.3 Å². The predicted octanol–water partition coefficient (Wildman–Crippen LogP) is 0.258. The molecule has 0 atom stereocenters. The normalized spacial score (nSPS) is 4.86. The quantitative estimate of drug-likeness (QED) is 0.411. The van der Waals surface area contributed by atoms with Crippen LogP contribution < -0.4 is 0 Å². The van der Waals surface area contributed by atoms with Gasteiger partial charge in [-0.15, -0.1) is 0 Å². The first kappa shape index (κ1) is 51.0. The van der Waals surface area contributed by atoms with E-state index in [4.69, 9.17) is 76.1 Å². The van der Waals surface area contributed by atoms with Crippen molar-refractivity contribution in [1.29, 1.82) is 31.6 Å². The standard InChI is InChI=1S/C5H14NO.6CN.Co.Fe/c1-6(2,3)4-5-7;6*1-2;;/h7H,4-5H2,1-3H3;;;;;;;;/q+1;6*-1;;. The van der Waals surface area contributed by atoms with Crippen molar-refractivity contribution in [1.82, 2.24) is 0 Å². The van der Waals surface area contributed by atoms with Crippen LogP contribution in [0.25, 0.3) is 0 Å². The van der Waals surface area contributed by atoms with Crippen LogP contribution in [0.5, 0.6) is 0 Å². The zero-order valence-corrected chi connectivity index (χ0v) is 13.8. The fourth-order valence-electron chi connectivity index (χ4n) is 0.300. The van der Waals surface area contributed by atoms with Gasteiger partial charge in [0, 0.05) is 0 Å². The van der Waals surface area contributed by atoms with Crippen molar-refractivity contribution < 1.29 is 36.7 Å². The van der Waals surface area contributed by atoms with Gasteiger partial charge >= 0.3 is 27.1 Å². The van der Waals surface area contributed by atoms with E-state index in [0.717, 1.165) is 11.0 Å². The molecule has 0 aromatic carbocycles. The van der Waals surface area contributed by atoms with Crippen LogP contribution in [-0.4, -0.2) is 43.9 Å². The topological polar surface area (TPSA) is 163 Å². The molecular weight excluding hydrogens is 361 g/mol. The van der Waals surface area contributed by atoms with Gasteiger partial charge < -0.3 is 80.6 Å². The number of hydrogen-bond donors (Lipinski definition) is 1. The van der Waals surface area contributed by atoms with Crippen LogP contribution in [-0.2, 0) is 27.1 Å². The predicted molar refractivity (Wildman–Crippen MR) is 59.8 cm³/mol. The molecule has 0 saturated heterocycles. The minimum absolute atomic E-state index is 0.281. The third-order valence-electron chi connectivity index (χ3n) is 0.771. The van der Waals surface area contributed by atoms with Crippen LogP contribution in [0.3, 0.4) is 0 Å². The summed E-state index contributed by atoms with van der Waals surface area (Å²) in [5.41, 5.74) is 0. The molecule has 0 aromatic rings. The fourth-order valence-corrected chi connectivity index (χ4v) is 0.300.